The average molecular weight is 166 g/mol. The first-order valence-corrected chi connectivity index (χ1v) is 4.47. The molecule has 2 heteroatoms. The van der Waals surface area contributed by atoms with Gasteiger partial charge in [0.25, 0.3) is 0 Å². The lowest BCUT2D eigenvalue weighted by Crippen LogP contribution is -2.34. The topological polar surface area (TPSA) is 6.48 Å². The molecule has 2 nitrogen and oxygen atoms in total. The monoisotopic (exact) mass is 166 g/mol. The molecule has 2 atom stereocenters. The number of hydrogen-bond acceptors (Lipinski definition) is 2. The molecule has 0 bridgehead atoms. The summed E-state index contributed by atoms with van der Waals surface area (Å²) in [7, 11) is 4.28. The Hall–Kier alpha value is -0.520. The summed E-state index contributed by atoms with van der Waals surface area (Å²) >= 11 is 0. The third-order valence-corrected chi connectivity index (χ3v) is 2.63. The summed E-state index contributed by atoms with van der Waals surface area (Å²) in [6.07, 6.45) is 5.27. The molecule has 0 aromatic rings. The van der Waals surface area contributed by atoms with Crippen LogP contribution in [-0.2, 0) is 0 Å². The molecule has 1 heterocycles. The summed E-state index contributed by atoms with van der Waals surface area (Å²) in [6.45, 7) is 5.36. The fraction of sp³-hybridized carbons (Fsp3) is 0.800. The van der Waals surface area contributed by atoms with Gasteiger partial charge >= 0.3 is 0 Å². The van der Waals surface area contributed by atoms with Gasteiger partial charge in [-0.05, 0) is 20.0 Å². The lowest BCUT2D eigenvalue weighted by Gasteiger charge is -2.22. The molecule has 1 saturated heterocycles. The highest BCUT2D eigenvalue weighted by molar-refractivity contribution is 4.94. The van der Waals surface area contributed by atoms with Crippen molar-refractivity contribution in [1.29, 1.82) is 0 Å². The second-order valence-electron chi connectivity index (χ2n) is 3.91. The predicted molar refractivity (Wildman–Crippen MR) is 51.9 cm³/mol. The maximum Gasteiger partial charge on any atom is 0.0599 e. The van der Waals surface area contributed by atoms with Crippen molar-refractivity contribution in [1.82, 2.24) is 9.80 Å². The first-order chi connectivity index (χ1) is 5.65. The molecule has 1 aliphatic rings. The number of rotatable bonds is 2. The van der Waals surface area contributed by atoms with Crippen molar-refractivity contribution in [2.24, 2.45) is 5.92 Å². The Bertz CT molecular complexity index is 181. The van der Waals surface area contributed by atoms with Gasteiger partial charge in [0.15, 0.2) is 0 Å². The summed E-state index contributed by atoms with van der Waals surface area (Å²) < 4.78 is 0. The molecule has 0 N–H and O–H groups in total. The van der Waals surface area contributed by atoms with Crippen molar-refractivity contribution in [3.63, 3.8) is 0 Å². The molecule has 1 fully saturated rings. The summed E-state index contributed by atoms with van der Waals surface area (Å²) in [6, 6.07) is 0.679. The van der Waals surface area contributed by atoms with Gasteiger partial charge in [-0.25, -0.2) is 0 Å². The molecule has 1 rings (SSSR count). The Labute approximate surface area is 75.5 Å². The van der Waals surface area contributed by atoms with E-state index >= 15 is 0 Å². The maximum absolute atomic E-state index is 5.27. The first-order valence-electron chi connectivity index (χ1n) is 4.47. The van der Waals surface area contributed by atoms with E-state index in [4.69, 9.17) is 6.42 Å². The van der Waals surface area contributed by atoms with Crippen molar-refractivity contribution in [2.45, 2.75) is 13.0 Å². The lowest BCUT2D eigenvalue weighted by molar-refractivity contribution is 0.256. The third-order valence-electron chi connectivity index (χ3n) is 2.63. The Kier molecular flexibility index (Phi) is 3.13. The molecule has 0 saturated carbocycles. The van der Waals surface area contributed by atoms with Crippen molar-refractivity contribution in [2.75, 3.05) is 33.7 Å². The second-order valence-corrected chi connectivity index (χ2v) is 3.91. The lowest BCUT2D eigenvalue weighted by atomic mass is 10.1. The zero-order valence-electron chi connectivity index (χ0n) is 8.25. The van der Waals surface area contributed by atoms with Crippen LogP contribution in [-0.4, -0.2) is 49.6 Å². The SMILES string of the molecule is C#CCN1CC(C)C(N(C)C)C1. The van der Waals surface area contributed by atoms with Gasteiger partial charge in [-0.1, -0.05) is 12.8 Å². The first kappa shape index (κ1) is 9.57. The highest BCUT2D eigenvalue weighted by Crippen LogP contribution is 2.18. The summed E-state index contributed by atoms with van der Waals surface area (Å²) in [4.78, 5) is 4.64. The minimum atomic E-state index is 0.679. The van der Waals surface area contributed by atoms with Crippen LogP contribution in [0.5, 0.6) is 0 Å². The Morgan fingerprint density at radius 3 is 2.58 bits per heavy atom. The number of nitrogens with zero attached hydrogens (tertiary/aromatic N) is 2. The highest BCUT2D eigenvalue weighted by atomic mass is 15.2. The van der Waals surface area contributed by atoms with E-state index in [-0.39, 0.29) is 0 Å². The molecular weight excluding hydrogens is 148 g/mol. The predicted octanol–water partition coefficient (Wildman–Crippen LogP) is 0.502. The van der Waals surface area contributed by atoms with E-state index in [9.17, 15) is 0 Å². The van der Waals surface area contributed by atoms with Gasteiger partial charge in [0, 0.05) is 19.1 Å². The third kappa shape index (κ3) is 2.00. The van der Waals surface area contributed by atoms with Crippen LogP contribution in [0.4, 0.5) is 0 Å². The molecule has 2 unspecified atom stereocenters. The molecule has 0 spiro atoms. The number of terminal acetylenes is 1. The van der Waals surface area contributed by atoms with Crippen LogP contribution in [0.3, 0.4) is 0 Å². The van der Waals surface area contributed by atoms with Crippen LogP contribution in [0.2, 0.25) is 0 Å². The van der Waals surface area contributed by atoms with E-state index in [0.717, 1.165) is 25.6 Å². The fourth-order valence-electron chi connectivity index (χ4n) is 1.98. The number of likely N-dealkylation sites (N-methyl/N-ethyl adjacent to an activating group) is 1. The van der Waals surface area contributed by atoms with Crippen LogP contribution in [0, 0.1) is 18.3 Å². The van der Waals surface area contributed by atoms with E-state index in [0.29, 0.717) is 6.04 Å². The molecule has 0 amide bonds. The summed E-state index contributed by atoms with van der Waals surface area (Å²) in [5, 5.41) is 0. The van der Waals surface area contributed by atoms with Gasteiger partial charge in [-0.15, -0.1) is 6.42 Å². The van der Waals surface area contributed by atoms with Gasteiger partial charge in [-0.3, -0.25) is 4.90 Å². The Morgan fingerprint density at radius 1 is 1.50 bits per heavy atom. The molecule has 0 radical (unpaired) electrons. The summed E-state index contributed by atoms with van der Waals surface area (Å²) in [5.41, 5.74) is 0. The van der Waals surface area contributed by atoms with E-state index in [1.807, 2.05) is 0 Å². The molecule has 12 heavy (non-hydrogen) atoms. The van der Waals surface area contributed by atoms with Crippen molar-refractivity contribution < 1.29 is 0 Å². The van der Waals surface area contributed by atoms with E-state index in [2.05, 4.69) is 36.7 Å². The van der Waals surface area contributed by atoms with Crippen LogP contribution in [0.25, 0.3) is 0 Å². The average Bonchev–Trinajstić information content (AvgIpc) is 2.32. The Morgan fingerprint density at radius 2 is 2.17 bits per heavy atom. The van der Waals surface area contributed by atoms with Crippen LogP contribution in [0.15, 0.2) is 0 Å². The zero-order chi connectivity index (χ0) is 9.14. The van der Waals surface area contributed by atoms with Gasteiger partial charge in [0.1, 0.15) is 0 Å². The van der Waals surface area contributed by atoms with E-state index in [1.54, 1.807) is 0 Å². The second kappa shape index (κ2) is 3.93. The highest BCUT2D eigenvalue weighted by Gasteiger charge is 2.29. The number of likely N-dealkylation sites (tertiary alicyclic amines) is 1. The van der Waals surface area contributed by atoms with Gasteiger partial charge in [0.05, 0.1) is 6.54 Å². The van der Waals surface area contributed by atoms with Crippen LogP contribution < -0.4 is 0 Å². The van der Waals surface area contributed by atoms with Gasteiger partial charge in [0.2, 0.25) is 0 Å². The van der Waals surface area contributed by atoms with Crippen molar-refractivity contribution >= 4 is 0 Å². The summed E-state index contributed by atoms with van der Waals surface area (Å²) in [5.74, 6) is 3.44. The van der Waals surface area contributed by atoms with Crippen LogP contribution >= 0.6 is 0 Å². The largest absolute Gasteiger partial charge is 0.305 e. The van der Waals surface area contributed by atoms with Gasteiger partial charge < -0.3 is 4.90 Å². The smallest absolute Gasteiger partial charge is 0.0599 e. The van der Waals surface area contributed by atoms with Crippen molar-refractivity contribution in [3.05, 3.63) is 0 Å². The standard InChI is InChI=1S/C10H18N2/c1-5-6-12-7-9(2)10(8-12)11(3)4/h1,9-10H,6-8H2,2-4H3. The molecule has 0 aliphatic carbocycles. The van der Waals surface area contributed by atoms with E-state index in [1.165, 1.54) is 0 Å². The van der Waals surface area contributed by atoms with Crippen LogP contribution in [0.1, 0.15) is 6.92 Å². The Balaban J connectivity index is 2.46. The fourth-order valence-corrected chi connectivity index (χ4v) is 1.98. The quantitative estimate of drug-likeness (QED) is 0.551. The maximum atomic E-state index is 5.27. The number of hydrogen-bond donors (Lipinski definition) is 0. The molecule has 1 aliphatic heterocycles. The molecular formula is C10H18N2. The minimum absolute atomic E-state index is 0.679. The van der Waals surface area contributed by atoms with E-state index < -0.39 is 0 Å². The molecule has 0 aromatic heterocycles. The van der Waals surface area contributed by atoms with Crippen molar-refractivity contribution in [3.8, 4) is 12.3 Å². The zero-order valence-corrected chi connectivity index (χ0v) is 8.25. The van der Waals surface area contributed by atoms with Gasteiger partial charge in [-0.2, -0.15) is 0 Å². The molecule has 68 valence electrons. The normalized spacial score (nSPS) is 30.9. The minimum Gasteiger partial charge on any atom is -0.305 e. The molecule has 0 aromatic carbocycles.